The lowest BCUT2D eigenvalue weighted by Gasteiger charge is -2.07. The van der Waals surface area contributed by atoms with Crippen molar-refractivity contribution in [3.05, 3.63) is 65.7 Å². The van der Waals surface area contributed by atoms with Crippen molar-refractivity contribution in [3.8, 4) is 0 Å². The summed E-state index contributed by atoms with van der Waals surface area (Å²) in [6, 6.07) is 17.6. The molecule has 2 aromatic rings. The molecule has 0 atom stereocenters. The molecule has 3 N–H and O–H groups in total. The van der Waals surface area contributed by atoms with Crippen molar-refractivity contribution in [2.75, 3.05) is 11.9 Å². The fourth-order valence-corrected chi connectivity index (χ4v) is 1.71. The molecule has 3 heteroatoms. The minimum atomic E-state index is -0.194. The second kappa shape index (κ2) is 6.52. The van der Waals surface area contributed by atoms with Gasteiger partial charge in [0, 0.05) is 5.69 Å². The van der Waals surface area contributed by atoms with Crippen LogP contribution >= 0.6 is 0 Å². The average molecular weight is 252 g/mol. The molecule has 0 aliphatic rings. The third-order valence-corrected chi connectivity index (χ3v) is 2.68. The van der Waals surface area contributed by atoms with Gasteiger partial charge in [0.05, 0.1) is 6.54 Å². The van der Waals surface area contributed by atoms with Crippen LogP contribution in [0, 0.1) is 0 Å². The SMILES string of the molecule is NCC(=O)Nc1ccccc1/C=C/c1ccccc1. The molecule has 19 heavy (non-hydrogen) atoms. The van der Waals surface area contributed by atoms with Crippen molar-refractivity contribution in [2.45, 2.75) is 0 Å². The predicted molar refractivity (Wildman–Crippen MR) is 79.5 cm³/mol. The summed E-state index contributed by atoms with van der Waals surface area (Å²) >= 11 is 0. The molecule has 0 aliphatic heterocycles. The van der Waals surface area contributed by atoms with Crippen LogP contribution in [0.5, 0.6) is 0 Å². The molecule has 3 nitrogen and oxygen atoms in total. The van der Waals surface area contributed by atoms with Gasteiger partial charge in [0.1, 0.15) is 0 Å². The van der Waals surface area contributed by atoms with E-state index in [1.54, 1.807) is 0 Å². The number of para-hydroxylation sites is 1. The number of benzene rings is 2. The molecular weight excluding hydrogens is 236 g/mol. The van der Waals surface area contributed by atoms with Gasteiger partial charge in [-0.2, -0.15) is 0 Å². The van der Waals surface area contributed by atoms with Crippen LogP contribution in [-0.4, -0.2) is 12.5 Å². The summed E-state index contributed by atoms with van der Waals surface area (Å²) in [5, 5.41) is 2.78. The summed E-state index contributed by atoms with van der Waals surface area (Å²) < 4.78 is 0. The summed E-state index contributed by atoms with van der Waals surface area (Å²) in [7, 11) is 0. The predicted octanol–water partition coefficient (Wildman–Crippen LogP) is 2.75. The number of carbonyl (C=O) groups is 1. The molecule has 2 aromatic carbocycles. The van der Waals surface area contributed by atoms with Gasteiger partial charge in [-0.05, 0) is 17.2 Å². The van der Waals surface area contributed by atoms with E-state index >= 15 is 0 Å². The minimum Gasteiger partial charge on any atom is -0.324 e. The highest BCUT2D eigenvalue weighted by atomic mass is 16.1. The molecule has 1 amide bonds. The van der Waals surface area contributed by atoms with Gasteiger partial charge in [0.25, 0.3) is 0 Å². The number of rotatable bonds is 4. The largest absolute Gasteiger partial charge is 0.324 e. The van der Waals surface area contributed by atoms with Crippen LogP contribution in [0.15, 0.2) is 54.6 Å². The maximum absolute atomic E-state index is 11.3. The molecule has 0 saturated carbocycles. The normalized spacial score (nSPS) is 10.6. The monoisotopic (exact) mass is 252 g/mol. The molecule has 2 rings (SSSR count). The number of carbonyl (C=O) groups excluding carboxylic acids is 1. The second-order valence-electron chi connectivity index (χ2n) is 4.08. The van der Waals surface area contributed by atoms with E-state index in [1.807, 2.05) is 66.7 Å². The zero-order valence-corrected chi connectivity index (χ0v) is 10.5. The number of anilines is 1. The van der Waals surface area contributed by atoms with E-state index in [0.29, 0.717) is 0 Å². The standard InChI is InChI=1S/C16H16N2O/c17-12-16(19)18-15-9-5-4-8-14(15)11-10-13-6-2-1-3-7-13/h1-11H,12,17H2,(H,18,19)/b11-10+. The van der Waals surface area contributed by atoms with Gasteiger partial charge in [0.15, 0.2) is 0 Å². The summed E-state index contributed by atoms with van der Waals surface area (Å²) in [6.07, 6.45) is 3.98. The van der Waals surface area contributed by atoms with Crippen molar-refractivity contribution in [1.29, 1.82) is 0 Å². The zero-order valence-electron chi connectivity index (χ0n) is 10.5. The Hall–Kier alpha value is -2.39. The van der Waals surface area contributed by atoms with E-state index in [-0.39, 0.29) is 12.5 Å². The third-order valence-electron chi connectivity index (χ3n) is 2.68. The molecule has 0 heterocycles. The lowest BCUT2D eigenvalue weighted by atomic mass is 10.1. The van der Waals surface area contributed by atoms with E-state index < -0.39 is 0 Å². The number of hydrogen-bond acceptors (Lipinski definition) is 2. The zero-order chi connectivity index (χ0) is 13.5. The smallest absolute Gasteiger partial charge is 0.238 e. The van der Waals surface area contributed by atoms with Crippen LogP contribution in [0.3, 0.4) is 0 Å². The fourth-order valence-electron chi connectivity index (χ4n) is 1.71. The average Bonchev–Trinajstić information content (AvgIpc) is 2.47. The van der Waals surface area contributed by atoms with Gasteiger partial charge in [0.2, 0.25) is 5.91 Å². The molecule has 0 saturated heterocycles. The Balaban J connectivity index is 2.20. The van der Waals surface area contributed by atoms with E-state index in [0.717, 1.165) is 16.8 Å². The van der Waals surface area contributed by atoms with Gasteiger partial charge >= 0.3 is 0 Å². The van der Waals surface area contributed by atoms with E-state index in [9.17, 15) is 4.79 Å². The Morgan fingerprint density at radius 2 is 1.68 bits per heavy atom. The fraction of sp³-hybridized carbons (Fsp3) is 0.0625. The van der Waals surface area contributed by atoms with E-state index in [2.05, 4.69) is 5.32 Å². The highest BCUT2D eigenvalue weighted by Crippen LogP contribution is 2.18. The highest BCUT2D eigenvalue weighted by molar-refractivity contribution is 5.94. The molecule has 96 valence electrons. The molecule has 0 bridgehead atoms. The van der Waals surface area contributed by atoms with Crippen LogP contribution < -0.4 is 11.1 Å². The van der Waals surface area contributed by atoms with Crippen LogP contribution in [-0.2, 0) is 4.79 Å². The van der Waals surface area contributed by atoms with E-state index in [4.69, 9.17) is 5.73 Å². The maximum Gasteiger partial charge on any atom is 0.238 e. The molecule has 0 radical (unpaired) electrons. The van der Waals surface area contributed by atoms with Crippen molar-refractivity contribution in [1.82, 2.24) is 0 Å². The van der Waals surface area contributed by atoms with Crippen molar-refractivity contribution in [3.63, 3.8) is 0 Å². The highest BCUT2D eigenvalue weighted by Gasteiger charge is 2.02. The van der Waals surface area contributed by atoms with Gasteiger partial charge in [-0.25, -0.2) is 0 Å². The van der Waals surface area contributed by atoms with Crippen molar-refractivity contribution in [2.24, 2.45) is 5.73 Å². The lowest BCUT2D eigenvalue weighted by molar-refractivity contribution is -0.114. The van der Waals surface area contributed by atoms with Crippen LogP contribution in [0.1, 0.15) is 11.1 Å². The Morgan fingerprint density at radius 3 is 2.42 bits per heavy atom. The summed E-state index contributed by atoms with van der Waals surface area (Å²) in [5.74, 6) is -0.194. The summed E-state index contributed by atoms with van der Waals surface area (Å²) in [6.45, 7) is -0.0171. The first-order chi connectivity index (χ1) is 9.29. The van der Waals surface area contributed by atoms with Crippen LogP contribution in [0.2, 0.25) is 0 Å². The number of nitrogens with one attached hydrogen (secondary N) is 1. The Labute approximate surface area is 112 Å². The molecule has 0 aromatic heterocycles. The van der Waals surface area contributed by atoms with Gasteiger partial charge in [-0.3, -0.25) is 4.79 Å². The Bertz CT molecular complexity index is 576. The third kappa shape index (κ3) is 3.79. The van der Waals surface area contributed by atoms with E-state index in [1.165, 1.54) is 0 Å². The molecule has 0 spiro atoms. The van der Waals surface area contributed by atoms with Crippen molar-refractivity contribution < 1.29 is 4.79 Å². The number of amides is 1. The first kappa shape index (κ1) is 13.1. The second-order valence-corrected chi connectivity index (χ2v) is 4.08. The Kier molecular flexibility index (Phi) is 4.48. The van der Waals surface area contributed by atoms with Crippen LogP contribution in [0.4, 0.5) is 5.69 Å². The maximum atomic E-state index is 11.3. The molecule has 0 fully saturated rings. The summed E-state index contributed by atoms with van der Waals surface area (Å²) in [5.41, 5.74) is 8.14. The first-order valence-electron chi connectivity index (χ1n) is 6.11. The number of nitrogens with two attached hydrogens (primary N) is 1. The molecule has 0 unspecified atom stereocenters. The summed E-state index contributed by atoms with van der Waals surface area (Å²) in [4.78, 5) is 11.3. The number of hydrogen-bond donors (Lipinski definition) is 2. The Morgan fingerprint density at radius 1 is 1.00 bits per heavy atom. The molecule has 0 aliphatic carbocycles. The van der Waals surface area contributed by atoms with Gasteiger partial charge in [-0.1, -0.05) is 60.7 Å². The van der Waals surface area contributed by atoms with Gasteiger partial charge in [-0.15, -0.1) is 0 Å². The van der Waals surface area contributed by atoms with Gasteiger partial charge < -0.3 is 11.1 Å². The molecular formula is C16H16N2O. The lowest BCUT2D eigenvalue weighted by Crippen LogP contribution is -2.22. The minimum absolute atomic E-state index is 0.0171. The topological polar surface area (TPSA) is 55.1 Å². The quantitative estimate of drug-likeness (QED) is 0.822. The van der Waals surface area contributed by atoms with Crippen LogP contribution in [0.25, 0.3) is 12.2 Å². The first-order valence-corrected chi connectivity index (χ1v) is 6.11. The van der Waals surface area contributed by atoms with Crippen molar-refractivity contribution >= 4 is 23.7 Å².